The summed E-state index contributed by atoms with van der Waals surface area (Å²) < 4.78 is 15.5. The SMILES string of the molecule is N[C@@H]1CCN(CN2CN=c3ccccc3=C2Nc2ccc3c(cnn3Cc3cccc(F)c3)c2)C[C@H]1O. The summed E-state index contributed by atoms with van der Waals surface area (Å²) in [5, 5.41) is 21.4. The smallest absolute Gasteiger partial charge is 0.123 e. The summed E-state index contributed by atoms with van der Waals surface area (Å²) in [5.74, 6) is 0.727. The number of rotatable bonds is 6. The van der Waals surface area contributed by atoms with Crippen molar-refractivity contribution in [3.63, 3.8) is 0 Å². The highest BCUT2D eigenvalue weighted by Gasteiger charge is 2.27. The van der Waals surface area contributed by atoms with E-state index in [2.05, 4.69) is 32.3 Å². The van der Waals surface area contributed by atoms with Crippen molar-refractivity contribution < 1.29 is 9.50 Å². The van der Waals surface area contributed by atoms with Crippen molar-refractivity contribution in [2.75, 3.05) is 31.7 Å². The fourth-order valence-electron chi connectivity index (χ4n) is 5.10. The Bertz CT molecular complexity index is 1550. The molecule has 1 saturated heterocycles. The van der Waals surface area contributed by atoms with Crippen LogP contribution in [0.3, 0.4) is 0 Å². The lowest BCUT2D eigenvalue weighted by Gasteiger charge is -2.39. The molecule has 0 aliphatic carbocycles. The number of aliphatic hydroxyl groups is 1. The van der Waals surface area contributed by atoms with Crippen molar-refractivity contribution in [1.82, 2.24) is 19.6 Å². The maximum atomic E-state index is 13.6. The van der Waals surface area contributed by atoms with Gasteiger partial charge in [0.25, 0.3) is 0 Å². The molecule has 190 valence electrons. The predicted molar refractivity (Wildman–Crippen MR) is 141 cm³/mol. The Balaban J connectivity index is 1.28. The lowest BCUT2D eigenvalue weighted by Crippen LogP contribution is -2.54. The highest BCUT2D eigenvalue weighted by Crippen LogP contribution is 2.23. The number of anilines is 1. The number of nitrogens with one attached hydrogen (secondary N) is 1. The molecule has 1 aromatic heterocycles. The number of nitrogens with two attached hydrogens (primary N) is 1. The molecule has 3 heterocycles. The molecule has 6 rings (SSSR count). The van der Waals surface area contributed by atoms with Crippen LogP contribution in [0, 0.1) is 5.82 Å². The summed E-state index contributed by atoms with van der Waals surface area (Å²) in [7, 11) is 0. The number of hydrogen-bond acceptors (Lipinski definition) is 7. The number of β-amino-alcohol motifs (C(OH)–C–C–N with tert-alkyl or cyclic N) is 1. The molecular weight excluding hydrogens is 469 g/mol. The number of fused-ring (bicyclic) bond motifs is 2. The number of hydrogen-bond donors (Lipinski definition) is 3. The number of aliphatic hydroxyl groups excluding tert-OH is 1. The van der Waals surface area contributed by atoms with E-state index in [4.69, 9.17) is 10.7 Å². The number of likely N-dealkylation sites (tertiary alicyclic amines) is 1. The molecule has 9 heteroatoms. The highest BCUT2D eigenvalue weighted by atomic mass is 19.1. The Kier molecular flexibility index (Phi) is 6.33. The van der Waals surface area contributed by atoms with E-state index >= 15 is 0 Å². The lowest BCUT2D eigenvalue weighted by atomic mass is 10.0. The highest BCUT2D eigenvalue weighted by molar-refractivity contribution is 5.84. The second-order valence-electron chi connectivity index (χ2n) is 9.77. The molecule has 4 N–H and O–H groups in total. The van der Waals surface area contributed by atoms with Gasteiger partial charge in [0.15, 0.2) is 0 Å². The molecule has 2 aliphatic rings. The number of benzene rings is 3. The molecule has 0 unspecified atom stereocenters. The van der Waals surface area contributed by atoms with Gasteiger partial charge in [0.2, 0.25) is 0 Å². The van der Waals surface area contributed by atoms with Crippen molar-refractivity contribution in [2.24, 2.45) is 10.7 Å². The number of para-hydroxylation sites is 1. The van der Waals surface area contributed by atoms with Crippen LogP contribution >= 0.6 is 0 Å². The number of nitrogens with zero attached hydrogens (tertiary/aromatic N) is 5. The summed E-state index contributed by atoms with van der Waals surface area (Å²) in [4.78, 5) is 9.20. The van der Waals surface area contributed by atoms with Gasteiger partial charge in [-0.25, -0.2) is 4.39 Å². The van der Waals surface area contributed by atoms with Gasteiger partial charge in [-0.3, -0.25) is 14.6 Å². The van der Waals surface area contributed by atoms with E-state index in [1.807, 2.05) is 47.3 Å². The van der Waals surface area contributed by atoms with Crippen LogP contribution in [0.15, 0.2) is 77.9 Å². The Hall–Kier alpha value is -3.79. The molecule has 0 saturated carbocycles. The van der Waals surface area contributed by atoms with Crippen LogP contribution in [0.5, 0.6) is 0 Å². The van der Waals surface area contributed by atoms with E-state index in [-0.39, 0.29) is 11.9 Å². The maximum absolute atomic E-state index is 13.6. The lowest BCUT2D eigenvalue weighted by molar-refractivity contribution is 0.0343. The molecule has 37 heavy (non-hydrogen) atoms. The van der Waals surface area contributed by atoms with E-state index in [1.165, 1.54) is 12.1 Å². The topological polar surface area (TPSA) is 94.9 Å². The molecule has 2 atom stereocenters. The first-order valence-corrected chi connectivity index (χ1v) is 12.6. The monoisotopic (exact) mass is 499 g/mol. The fraction of sp³-hybridized carbons (Fsp3) is 0.286. The fourth-order valence-corrected chi connectivity index (χ4v) is 5.10. The minimum atomic E-state index is -0.523. The van der Waals surface area contributed by atoms with Crippen LogP contribution in [-0.2, 0) is 6.54 Å². The summed E-state index contributed by atoms with van der Waals surface area (Å²) in [5.41, 5.74) is 8.80. The molecule has 8 nitrogen and oxygen atoms in total. The van der Waals surface area contributed by atoms with Crippen LogP contribution in [-0.4, -0.2) is 63.3 Å². The molecule has 1 fully saturated rings. The van der Waals surface area contributed by atoms with Crippen LogP contribution in [0.4, 0.5) is 10.1 Å². The Morgan fingerprint density at radius 1 is 1.08 bits per heavy atom. The van der Waals surface area contributed by atoms with Crippen LogP contribution < -0.4 is 21.6 Å². The minimum Gasteiger partial charge on any atom is -0.390 e. The third-order valence-electron chi connectivity index (χ3n) is 7.10. The second kappa shape index (κ2) is 9.93. The average molecular weight is 500 g/mol. The van der Waals surface area contributed by atoms with E-state index in [0.29, 0.717) is 26.4 Å². The molecule has 2 aliphatic heterocycles. The van der Waals surface area contributed by atoms with E-state index in [0.717, 1.165) is 51.5 Å². The summed E-state index contributed by atoms with van der Waals surface area (Å²) >= 11 is 0. The molecule has 0 radical (unpaired) electrons. The Morgan fingerprint density at radius 3 is 2.84 bits per heavy atom. The Labute approximate surface area is 214 Å². The van der Waals surface area contributed by atoms with Crippen LogP contribution in [0.25, 0.3) is 16.7 Å². The van der Waals surface area contributed by atoms with Crippen LogP contribution in [0.1, 0.15) is 12.0 Å². The van der Waals surface area contributed by atoms with Gasteiger partial charge in [-0.15, -0.1) is 0 Å². The van der Waals surface area contributed by atoms with Gasteiger partial charge in [-0.05, 0) is 54.4 Å². The first-order valence-electron chi connectivity index (χ1n) is 12.6. The van der Waals surface area contributed by atoms with Crippen molar-refractivity contribution in [1.29, 1.82) is 0 Å². The van der Waals surface area contributed by atoms with Gasteiger partial charge in [-0.1, -0.05) is 24.3 Å². The van der Waals surface area contributed by atoms with Gasteiger partial charge in [-0.2, -0.15) is 5.10 Å². The third-order valence-corrected chi connectivity index (χ3v) is 7.10. The number of aromatic nitrogens is 2. The predicted octanol–water partition coefficient (Wildman–Crippen LogP) is 1.65. The standard InChI is InChI=1S/C28H30FN7O/c29-21-5-3-4-19(12-21)15-36-26-9-8-22(13-20(26)14-32-36)33-28-23-6-1-2-7-25(23)31-17-35(28)18-34-11-10-24(30)27(37)16-34/h1-9,12-14,24,27,33,37H,10-11,15-18,30H2/t24-,27-/m1/s1. The average Bonchev–Trinajstić information content (AvgIpc) is 3.29. The molecular formula is C28H30FN7O. The quantitative estimate of drug-likeness (QED) is 0.374. The zero-order valence-electron chi connectivity index (χ0n) is 20.5. The maximum Gasteiger partial charge on any atom is 0.123 e. The van der Waals surface area contributed by atoms with Gasteiger partial charge < -0.3 is 21.1 Å². The third kappa shape index (κ3) is 4.93. The van der Waals surface area contributed by atoms with E-state index in [9.17, 15) is 9.50 Å². The zero-order chi connectivity index (χ0) is 25.4. The number of piperidine rings is 1. The number of halogens is 1. The minimum absolute atomic E-state index is 0.168. The van der Waals surface area contributed by atoms with Crippen molar-refractivity contribution in [3.8, 4) is 0 Å². The van der Waals surface area contributed by atoms with Gasteiger partial charge in [0, 0.05) is 35.4 Å². The van der Waals surface area contributed by atoms with Gasteiger partial charge >= 0.3 is 0 Å². The summed E-state index contributed by atoms with van der Waals surface area (Å²) in [6, 6.07) is 20.7. The summed E-state index contributed by atoms with van der Waals surface area (Å²) in [6.45, 7) is 3.03. The molecule has 0 spiro atoms. The van der Waals surface area contributed by atoms with Crippen molar-refractivity contribution in [3.05, 3.63) is 94.9 Å². The van der Waals surface area contributed by atoms with E-state index in [1.54, 1.807) is 6.07 Å². The van der Waals surface area contributed by atoms with Crippen molar-refractivity contribution >= 4 is 22.4 Å². The first kappa shape index (κ1) is 23.6. The summed E-state index contributed by atoms with van der Waals surface area (Å²) in [6.07, 6.45) is 2.08. The van der Waals surface area contributed by atoms with Crippen LogP contribution in [0.2, 0.25) is 0 Å². The zero-order valence-corrected chi connectivity index (χ0v) is 20.5. The van der Waals surface area contributed by atoms with Crippen molar-refractivity contribution in [2.45, 2.75) is 25.1 Å². The second-order valence-corrected chi connectivity index (χ2v) is 9.77. The van der Waals surface area contributed by atoms with E-state index < -0.39 is 6.10 Å². The van der Waals surface area contributed by atoms with Gasteiger partial charge in [0.1, 0.15) is 18.3 Å². The first-order chi connectivity index (χ1) is 18.0. The van der Waals surface area contributed by atoms with Gasteiger partial charge in [0.05, 0.1) is 36.4 Å². The molecule has 3 aromatic carbocycles. The molecule has 0 bridgehead atoms. The normalized spacial score (nSPS) is 20.1. The molecule has 4 aromatic rings. The Morgan fingerprint density at radius 2 is 1.97 bits per heavy atom. The molecule has 0 amide bonds. The largest absolute Gasteiger partial charge is 0.390 e.